The number of ether oxygens (including phenoxy) is 1. The number of aryl methyl sites for hydroxylation is 1. The molecule has 1 N–H and O–H groups in total. The number of hydrogen-bond donors (Lipinski definition) is 1. The van der Waals surface area contributed by atoms with Gasteiger partial charge in [0.25, 0.3) is 5.56 Å². The van der Waals surface area contributed by atoms with Crippen LogP contribution in [0.5, 0.6) is 0 Å². The summed E-state index contributed by atoms with van der Waals surface area (Å²) in [6.07, 6.45) is 2.37. The summed E-state index contributed by atoms with van der Waals surface area (Å²) in [5.74, 6) is -0.502. The molecule has 0 unspecified atom stereocenters. The SMILES string of the molecule is CCOC(=O)c1c[nH]n2c(=O)cc(CN(C)Cc3csc(CC)n3)nc12. The minimum absolute atomic E-state index is 0.251. The first-order valence-electron chi connectivity index (χ1n) is 8.40. The highest BCUT2D eigenvalue weighted by Gasteiger charge is 2.17. The molecule has 0 atom stereocenters. The third-order valence-electron chi connectivity index (χ3n) is 3.81. The average molecular weight is 375 g/mol. The minimum atomic E-state index is -0.502. The third-order valence-corrected chi connectivity index (χ3v) is 4.85. The van der Waals surface area contributed by atoms with Crippen LogP contribution in [0.25, 0.3) is 5.65 Å². The molecule has 9 heteroatoms. The van der Waals surface area contributed by atoms with E-state index in [1.54, 1.807) is 18.3 Å². The molecular formula is C17H21N5O3S. The molecule has 3 heterocycles. The first-order chi connectivity index (χ1) is 12.5. The molecule has 8 nitrogen and oxygen atoms in total. The van der Waals surface area contributed by atoms with Gasteiger partial charge >= 0.3 is 5.97 Å². The Morgan fingerprint density at radius 2 is 2.08 bits per heavy atom. The second kappa shape index (κ2) is 7.79. The van der Waals surface area contributed by atoms with Crippen molar-refractivity contribution in [3.63, 3.8) is 0 Å². The van der Waals surface area contributed by atoms with Crippen LogP contribution in [0.15, 0.2) is 22.4 Å². The number of carbonyl (C=O) groups is 1. The van der Waals surface area contributed by atoms with Crippen molar-refractivity contribution >= 4 is 23.0 Å². The largest absolute Gasteiger partial charge is 0.462 e. The van der Waals surface area contributed by atoms with Crippen molar-refractivity contribution in [2.45, 2.75) is 33.4 Å². The van der Waals surface area contributed by atoms with Crippen molar-refractivity contribution in [1.82, 2.24) is 24.5 Å². The first-order valence-corrected chi connectivity index (χ1v) is 9.28. The van der Waals surface area contributed by atoms with Gasteiger partial charge in [0.1, 0.15) is 5.56 Å². The van der Waals surface area contributed by atoms with E-state index < -0.39 is 5.97 Å². The Balaban J connectivity index is 1.82. The number of hydrogen-bond acceptors (Lipinski definition) is 7. The third kappa shape index (κ3) is 3.83. The van der Waals surface area contributed by atoms with E-state index in [4.69, 9.17) is 4.74 Å². The second-order valence-electron chi connectivity index (χ2n) is 5.91. The fourth-order valence-electron chi connectivity index (χ4n) is 2.66. The molecule has 3 rings (SSSR count). The molecule has 0 saturated carbocycles. The van der Waals surface area contributed by atoms with Gasteiger partial charge in [-0.15, -0.1) is 11.3 Å². The zero-order chi connectivity index (χ0) is 18.7. The van der Waals surface area contributed by atoms with Crippen LogP contribution < -0.4 is 5.56 Å². The van der Waals surface area contributed by atoms with E-state index in [2.05, 4.69) is 22.0 Å². The minimum Gasteiger partial charge on any atom is -0.462 e. The Hall–Kier alpha value is -2.52. The number of carbonyl (C=O) groups excluding carboxylic acids is 1. The fraction of sp³-hybridized carbons (Fsp3) is 0.412. The quantitative estimate of drug-likeness (QED) is 0.634. The van der Waals surface area contributed by atoms with Crippen LogP contribution >= 0.6 is 11.3 Å². The molecular weight excluding hydrogens is 354 g/mol. The van der Waals surface area contributed by atoms with Crippen molar-refractivity contribution in [2.75, 3.05) is 13.7 Å². The lowest BCUT2D eigenvalue weighted by Crippen LogP contribution is -2.22. The Labute approximate surface area is 154 Å². The molecule has 0 fully saturated rings. The zero-order valence-electron chi connectivity index (χ0n) is 15.0. The van der Waals surface area contributed by atoms with Gasteiger partial charge in [-0.05, 0) is 20.4 Å². The first kappa shape index (κ1) is 18.3. The van der Waals surface area contributed by atoms with Gasteiger partial charge < -0.3 is 4.74 Å². The molecule has 3 aromatic heterocycles. The summed E-state index contributed by atoms with van der Waals surface area (Å²) in [6, 6.07) is 1.47. The average Bonchev–Trinajstić information content (AvgIpc) is 3.21. The lowest BCUT2D eigenvalue weighted by atomic mass is 10.3. The van der Waals surface area contributed by atoms with Crippen LogP contribution in [0.2, 0.25) is 0 Å². The molecule has 0 spiro atoms. The molecule has 0 radical (unpaired) electrons. The lowest BCUT2D eigenvalue weighted by molar-refractivity contribution is 0.0528. The number of nitrogens with one attached hydrogen (secondary N) is 1. The summed E-state index contributed by atoms with van der Waals surface area (Å²) >= 11 is 1.65. The Morgan fingerprint density at radius 1 is 1.31 bits per heavy atom. The maximum atomic E-state index is 12.3. The van der Waals surface area contributed by atoms with Gasteiger partial charge in [-0.3, -0.25) is 14.8 Å². The molecule has 0 aliphatic heterocycles. The van der Waals surface area contributed by atoms with Gasteiger partial charge in [-0.25, -0.2) is 19.3 Å². The van der Waals surface area contributed by atoms with Gasteiger partial charge in [0.15, 0.2) is 5.65 Å². The van der Waals surface area contributed by atoms with Crippen LogP contribution in [0, 0.1) is 0 Å². The molecule has 138 valence electrons. The van der Waals surface area contributed by atoms with Gasteiger partial charge in [-0.1, -0.05) is 6.92 Å². The Kier molecular flexibility index (Phi) is 5.48. The van der Waals surface area contributed by atoms with Gasteiger partial charge in [-0.2, -0.15) is 0 Å². The van der Waals surface area contributed by atoms with Crippen molar-refractivity contribution in [3.8, 4) is 0 Å². The number of thiazole rings is 1. The number of H-pyrrole nitrogens is 1. The second-order valence-corrected chi connectivity index (χ2v) is 6.85. The van der Waals surface area contributed by atoms with Crippen LogP contribution in [-0.4, -0.2) is 44.1 Å². The number of esters is 1. The summed E-state index contributed by atoms with van der Waals surface area (Å²) in [7, 11) is 1.94. The molecule has 0 amide bonds. The van der Waals surface area contributed by atoms with Crippen LogP contribution in [0.1, 0.15) is 40.6 Å². The van der Waals surface area contributed by atoms with Gasteiger partial charge in [0, 0.05) is 30.7 Å². The molecule has 3 aromatic rings. The van der Waals surface area contributed by atoms with Crippen LogP contribution in [-0.2, 0) is 24.2 Å². The van der Waals surface area contributed by atoms with Crippen LogP contribution in [0.3, 0.4) is 0 Å². The highest BCUT2D eigenvalue weighted by Crippen LogP contribution is 2.13. The number of aromatic nitrogens is 4. The molecule has 0 aromatic carbocycles. The monoisotopic (exact) mass is 375 g/mol. The number of fused-ring (bicyclic) bond motifs is 1. The Morgan fingerprint density at radius 3 is 2.77 bits per heavy atom. The summed E-state index contributed by atoms with van der Waals surface area (Å²) in [5.41, 5.74) is 1.85. The summed E-state index contributed by atoms with van der Waals surface area (Å²) in [5, 5.41) is 5.90. The summed E-state index contributed by atoms with van der Waals surface area (Å²) < 4.78 is 6.26. The van der Waals surface area contributed by atoms with Crippen molar-refractivity contribution in [1.29, 1.82) is 0 Å². The summed E-state index contributed by atoms with van der Waals surface area (Å²) in [6.45, 7) is 5.20. The van der Waals surface area contributed by atoms with Crippen molar-refractivity contribution in [3.05, 3.63) is 50.0 Å². The zero-order valence-corrected chi connectivity index (χ0v) is 15.8. The topological polar surface area (TPSA) is 92.6 Å². The van der Waals surface area contributed by atoms with E-state index in [1.165, 1.54) is 16.8 Å². The van der Waals surface area contributed by atoms with Crippen molar-refractivity contribution < 1.29 is 9.53 Å². The van der Waals surface area contributed by atoms with E-state index >= 15 is 0 Å². The van der Waals surface area contributed by atoms with E-state index in [1.807, 2.05) is 17.3 Å². The fourth-order valence-corrected chi connectivity index (χ4v) is 3.40. The standard InChI is InChI=1S/C17H21N5O3S/c1-4-14-19-12(10-26-14)9-21(3)8-11-6-15(23)22-16(20-11)13(7-18-22)17(24)25-5-2/h6-7,10,18H,4-5,8-9H2,1-3H3. The van der Waals surface area contributed by atoms with E-state index in [0.717, 1.165) is 17.1 Å². The van der Waals surface area contributed by atoms with E-state index in [9.17, 15) is 9.59 Å². The predicted molar refractivity (Wildman–Crippen MR) is 98.4 cm³/mol. The van der Waals surface area contributed by atoms with E-state index in [-0.39, 0.29) is 23.4 Å². The number of rotatable bonds is 7. The normalized spacial score (nSPS) is 11.4. The number of nitrogens with zero attached hydrogens (tertiary/aromatic N) is 4. The van der Waals surface area contributed by atoms with Crippen LogP contribution in [0.4, 0.5) is 0 Å². The lowest BCUT2D eigenvalue weighted by Gasteiger charge is -2.14. The highest BCUT2D eigenvalue weighted by molar-refractivity contribution is 7.09. The smallest absolute Gasteiger partial charge is 0.343 e. The number of aromatic amines is 1. The maximum absolute atomic E-state index is 12.3. The molecule has 26 heavy (non-hydrogen) atoms. The van der Waals surface area contributed by atoms with E-state index in [0.29, 0.717) is 18.8 Å². The van der Waals surface area contributed by atoms with Gasteiger partial charge in [0.2, 0.25) is 0 Å². The maximum Gasteiger partial charge on any atom is 0.343 e. The van der Waals surface area contributed by atoms with Gasteiger partial charge in [0.05, 0.1) is 23.0 Å². The van der Waals surface area contributed by atoms with Crippen molar-refractivity contribution in [2.24, 2.45) is 0 Å². The highest BCUT2D eigenvalue weighted by atomic mass is 32.1. The predicted octanol–water partition coefficient (Wildman–Crippen LogP) is 1.85. The molecule has 0 bridgehead atoms. The Bertz CT molecular complexity index is 974. The molecule has 0 aliphatic rings. The summed E-state index contributed by atoms with van der Waals surface area (Å²) in [4.78, 5) is 35.4. The molecule has 0 saturated heterocycles. The molecule has 0 aliphatic carbocycles.